The number of fused-ring (bicyclic) bond motifs is 3. The number of hydrogen-bond acceptors (Lipinski definition) is 5. The molecule has 1 saturated carbocycles. The van der Waals surface area contributed by atoms with Crippen LogP contribution < -0.4 is 5.56 Å². The van der Waals surface area contributed by atoms with Crippen molar-refractivity contribution in [3.63, 3.8) is 0 Å². The first kappa shape index (κ1) is 8.80. The fourth-order valence-electron chi connectivity index (χ4n) is 1.94. The minimum absolute atomic E-state index is 0.137. The Morgan fingerprint density at radius 1 is 1.29 bits per heavy atom. The molecule has 3 aromatic rings. The van der Waals surface area contributed by atoms with Crippen LogP contribution in [0.1, 0.15) is 18.9 Å². The van der Waals surface area contributed by atoms with Crippen LogP contribution in [0.25, 0.3) is 16.8 Å². The van der Waals surface area contributed by atoms with Gasteiger partial charge in [0.25, 0.3) is 5.56 Å². The number of nitrogens with zero attached hydrogens (tertiary/aromatic N) is 6. The number of hydrogen-bond donors (Lipinski definition) is 0. The molecule has 17 heavy (non-hydrogen) atoms. The smallest absolute Gasteiger partial charge is 0.283 e. The Kier molecular flexibility index (Phi) is 1.49. The molecule has 4 rings (SSSR count). The quantitative estimate of drug-likeness (QED) is 0.593. The van der Waals surface area contributed by atoms with Gasteiger partial charge in [-0.1, -0.05) is 0 Å². The van der Waals surface area contributed by atoms with Crippen molar-refractivity contribution in [3.8, 4) is 0 Å². The van der Waals surface area contributed by atoms with Gasteiger partial charge in [0.15, 0.2) is 16.8 Å². The normalized spacial score (nSPS) is 15.8. The Bertz CT molecular complexity index is 784. The molecule has 0 aromatic carbocycles. The molecule has 1 aliphatic rings. The summed E-state index contributed by atoms with van der Waals surface area (Å²) in [5.74, 6) is 0. The summed E-state index contributed by atoms with van der Waals surface area (Å²) < 4.78 is 3.16. The summed E-state index contributed by atoms with van der Waals surface area (Å²) in [6, 6.07) is 2.01. The van der Waals surface area contributed by atoms with Gasteiger partial charge in [0.05, 0.1) is 6.20 Å². The van der Waals surface area contributed by atoms with E-state index in [0.29, 0.717) is 11.3 Å². The van der Waals surface area contributed by atoms with Gasteiger partial charge in [-0.3, -0.25) is 9.36 Å². The highest BCUT2D eigenvalue weighted by Crippen LogP contribution is 2.33. The van der Waals surface area contributed by atoms with E-state index in [0.717, 1.165) is 12.8 Å². The zero-order valence-electron chi connectivity index (χ0n) is 8.82. The lowest BCUT2D eigenvalue weighted by Gasteiger charge is -2.03. The Morgan fingerprint density at radius 2 is 2.18 bits per heavy atom. The molecule has 84 valence electrons. The summed E-state index contributed by atoms with van der Waals surface area (Å²) in [4.78, 5) is 16.4. The molecule has 3 heterocycles. The molecule has 7 heteroatoms. The van der Waals surface area contributed by atoms with Crippen molar-refractivity contribution in [3.05, 3.63) is 28.9 Å². The molecule has 0 amide bonds. The van der Waals surface area contributed by atoms with Gasteiger partial charge in [0.1, 0.15) is 6.33 Å². The summed E-state index contributed by atoms with van der Waals surface area (Å²) in [5, 5.41) is 12.0. The highest BCUT2D eigenvalue weighted by atomic mass is 16.1. The van der Waals surface area contributed by atoms with Crippen LogP contribution in [-0.2, 0) is 0 Å². The Labute approximate surface area is 94.7 Å². The van der Waals surface area contributed by atoms with E-state index in [9.17, 15) is 4.79 Å². The van der Waals surface area contributed by atoms with E-state index in [-0.39, 0.29) is 17.1 Å². The molecule has 0 radical (unpaired) electrons. The van der Waals surface area contributed by atoms with Crippen LogP contribution in [0.5, 0.6) is 0 Å². The highest BCUT2D eigenvalue weighted by Gasteiger charge is 2.26. The SMILES string of the molecule is O=c1c2nnc3ccnn3c2ncn1C1CC1. The molecule has 3 aromatic heterocycles. The van der Waals surface area contributed by atoms with Crippen LogP contribution in [0.15, 0.2) is 23.4 Å². The third-order valence-electron chi connectivity index (χ3n) is 2.97. The van der Waals surface area contributed by atoms with Crippen molar-refractivity contribution >= 4 is 16.8 Å². The molecule has 0 N–H and O–H groups in total. The average Bonchev–Trinajstić information content (AvgIpc) is 3.06. The van der Waals surface area contributed by atoms with Gasteiger partial charge in [0.2, 0.25) is 0 Å². The van der Waals surface area contributed by atoms with Crippen LogP contribution in [-0.4, -0.2) is 29.4 Å². The third kappa shape index (κ3) is 1.13. The van der Waals surface area contributed by atoms with E-state index in [2.05, 4.69) is 20.3 Å². The predicted octanol–water partition coefficient (Wildman–Crippen LogP) is 0.169. The van der Waals surface area contributed by atoms with Gasteiger partial charge in [-0.2, -0.15) is 9.61 Å². The van der Waals surface area contributed by atoms with Crippen molar-refractivity contribution in [2.45, 2.75) is 18.9 Å². The monoisotopic (exact) mass is 228 g/mol. The van der Waals surface area contributed by atoms with E-state index >= 15 is 0 Å². The summed E-state index contributed by atoms with van der Waals surface area (Å²) >= 11 is 0. The molecular formula is C10H8N6O. The maximum Gasteiger partial charge on any atom is 0.283 e. The molecule has 0 aliphatic heterocycles. The maximum absolute atomic E-state index is 12.2. The van der Waals surface area contributed by atoms with Crippen LogP contribution in [0.3, 0.4) is 0 Å². The first-order valence-electron chi connectivity index (χ1n) is 5.42. The van der Waals surface area contributed by atoms with Crippen LogP contribution in [0.2, 0.25) is 0 Å². The van der Waals surface area contributed by atoms with E-state index in [4.69, 9.17) is 0 Å². The summed E-state index contributed by atoms with van der Waals surface area (Å²) in [5.41, 5.74) is 1.19. The van der Waals surface area contributed by atoms with Gasteiger partial charge in [-0.05, 0) is 12.8 Å². The summed E-state index contributed by atoms with van der Waals surface area (Å²) in [6.45, 7) is 0. The molecule has 7 nitrogen and oxygen atoms in total. The molecule has 0 spiro atoms. The van der Waals surface area contributed by atoms with Gasteiger partial charge < -0.3 is 0 Å². The fourth-order valence-corrected chi connectivity index (χ4v) is 1.94. The van der Waals surface area contributed by atoms with E-state index in [1.165, 1.54) is 4.52 Å². The average molecular weight is 228 g/mol. The number of aromatic nitrogens is 6. The van der Waals surface area contributed by atoms with E-state index in [1.54, 1.807) is 23.2 Å². The van der Waals surface area contributed by atoms with Gasteiger partial charge in [-0.25, -0.2) is 4.98 Å². The summed E-state index contributed by atoms with van der Waals surface area (Å²) in [7, 11) is 0. The minimum Gasteiger partial charge on any atom is -0.294 e. The van der Waals surface area contributed by atoms with Gasteiger partial charge >= 0.3 is 0 Å². The van der Waals surface area contributed by atoms with Gasteiger partial charge in [-0.15, -0.1) is 10.2 Å². The lowest BCUT2D eigenvalue weighted by molar-refractivity contribution is 0.690. The maximum atomic E-state index is 12.2. The summed E-state index contributed by atoms with van der Waals surface area (Å²) in [6.07, 6.45) is 5.25. The van der Waals surface area contributed by atoms with Crippen LogP contribution in [0.4, 0.5) is 0 Å². The third-order valence-corrected chi connectivity index (χ3v) is 2.97. The second-order valence-electron chi connectivity index (χ2n) is 4.16. The lowest BCUT2D eigenvalue weighted by Crippen LogP contribution is -2.22. The first-order valence-corrected chi connectivity index (χ1v) is 5.42. The molecule has 0 saturated heterocycles. The molecular weight excluding hydrogens is 220 g/mol. The molecule has 0 unspecified atom stereocenters. The molecule has 0 bridgehead atoms. The Balaban J connectivity index is 2.17. The van der Waals surface area contributed by atoms with Crippen molar-refractivity contribution < 1.29 is 0 Å². The molecule has 1 fully saturated rings. The number of rotatable bonds is 1. The Hall–Kier alpha value is -2.31. The topological polar surface area (TPSA) is 78.0 Å². The second-order valence-corrected chi connectivity index (χ2v) is 4.16. The minimum atomic E-state index is -0.137. The molecule has 1 aliphatic carbocycles. The first-order chi connectivity index (χ1) is 8.34. The molecule has 0 atom stereocenters. The van der Waals surface area contributed by atoms with Crippen molar-refractivity contribution in [2.24, 2.45) is 0 Å². The van der Waals surface area contributed by atoms with E-state index < -0.39 is 0 Å². The lowest BCUT2D eigenvalue weighted by atomic mass is 10.5. The van der Waals surface area contributed by atoms with E-state index in [1.807, 2.05) is 0 Å². The zero-order chi connectivity index (χ0) is 11.4. The van der Waals surface area contributed by atoms with Crippen LogP contribution >= 0.6 is 0 Å². The largest absolute Gasteiger partial charge is 0.294 e. The van der Waals surface area contributed by atoms with Crippen molar-refractivity contribution in [1.29, 1.82) is 0 Å². The standard InChI is InChI=1S/C10H8N6O/c17-10-8-9(11-5-15(10)6-1-2-6)16-7(13-14-8)3-4-12-16/h3-6H,1-2H2. The highest BCUT2D eigenvalue weighted by molar-refractivity contribution is 5.70. The second kappa shape index (κ2) is 2.88. The Morgan fingerprint density at radius 3 is 3.00 bits per heavy atom. The van der Waals surface area contributed by atoms with Gasteiger partial charge in [0, 0.05) is 12.1 Å². The van der Waals surface area contributed by atoms with Crippen molar-refractivity contribution in [1.82, 2.24) is 29.4 Å². The fraction of sp³-hybridized carbons (Fsp3) is 0.300. The predicted molar refractivity (Wildman–Crippen MR) is 58.6 cm³/mol. The van der Waals surface area contributed by atoms with Crippen molar-refractivity contribution in [2.75, 3.05) is 0 Å². The zero-order valence-corrected chi connectivity index (χ0v) is 8.82. The van der Waals surface area contributed by atoms with Crippen LogP contribution in [0, 0.1) is 0 Å².